The number of aryl methyl sites for hydroxylation is 1. The SMILES string of the molecule is Cn1nc(C(O)c2cc(F)ccc2Cl)c2ccccc21. The number of fused-ring (bicyclic) bond motifs is 1. The summed E-state index contributed by atoms with van der Waals surface area (Å²) >= 11 is 6.04. The number of rotatable bonds is 2. The molecule has 5 heteroatoms. The van der Waals surface area contributed by atoms with Crippen LogP contribution in [0.15, 0.2) is 42.5 Å². The van der Waals surface area contributed by atoms with Gasteiger partial charge in [-0.25, -0.2) is 4.39 Å². The van der Waals surface area contributed by atoms with Crippen LogP contribution < -0.4 is 0 Å². The normalized spacial score (nSPS) is 12.8. The summed E-state index contributed by atoms with van der Waals surface area (Å²) in [6.07, 6.45) is -1.07. The smallest absolute Gasteiger partial charge is 0.125 e. The zero-order valence-electron chi connectivity index (χ0n) is 10.7. The number of benzene rings is 2. The van der Waals surface area contributed by atoms with E-state index in [0.717, 1.165) is 10.9 Å². The number of nitrogens with zero attached hydrogens (tertiary/aromatic N) is 2. The van der Waals surface area contributed by atoms with E-state index in [0.29, 0.717) is 16.3 Å². The van der Waals surface area contributed by atoms with Crippen molar-refractivity contribution in [3.8, 4) is 0 Å². The summed E-state index contributed by atoms with van der Waals surface area (Å²) in [7, 11) is 1.80. The van der Waals surface area contributed by atoms with Gasteiger partial charge in [-0.15, -0.1) is 0 Å². The minimum absolute atomic E-state index is 0.314. The third kappa shape index (κ3) is 2.07. The molecule has 3 aromatic rings. The second-order valence-corrected chi connectivity index (χ2v) is 5.00. The van der Waals surface area contributed by atoms with Gasteiger partial charge in [0.05, 0.1) is 5.52 Å². The lowest BCUT2D eigenvalue weighted by atomic mass is 10.0. The van der Waals surface area contributed by atoms with Gasteiger partial charge in [0.2, 0.25) is 0 Å². The third-order valence-electron chi connectivity index (χ3n) is 3.30. The molecule has 0 bridgehead atoms. The maximum atomic E-state index is 13.3. The fraction of sp³-hybridized carbons (Fsp3) is 0.133. The van der Waals surface area contributed by atoms with Gasteiger partial charge in [-0.2, -0.15) is 5.10 Å². The van der Waals surface area contributed by atoms with Gasteiger partial charge in [-0.3, -0.25) is 4.68 Å². The molecule has 2 aromatic carbocycles. The second kappa shape index (κ2) is 4.89. The quantitative estimate of drug-likeness (QED) is 0.785. The maximum absolute atomic E-state index is 13.3. The highest BCUT2D eigenvalue weighted by molar-refractivity contribution is 6.31. The van der Waals surface area contributed by atoms with Crippen LogP contribution in [0.3, 0.4) is 0 Å². The number of aromatic nitrogens is 2. The second-order valence-electron chi connectivity index (χ2n) is 4.59. The van der Waals surface area contributed by atoms with Crippen LogP contribution in [0.25, 0.3) is 10.9 Å². The molecular weight excluding hydrogens is 279 g/mol. The summed E-state index contributed by atoms with van der Waals surface area (Å²) in [5.41, 5.74) is 1.68. The summed E-state index contributed by atoms with van der Waals surface area (Å²) < 4.78 is 15.0. The molecule has 1 atom stereocenters. The lowest BCUT2D eigenvalue weighted by Crippen LogP contribution is -2.03. The molecular formula is C15H12ClFN2O. The van der Waals surface area contributed by atoms with Crippen LogP contribution in [0, 0.1) is 5.82 Å². The van der Waals surface area contributed by atoms with Crippen LogP contribution in [-0.4, -0.2) is 14.9 Å². The fourth-order valence-electron chi connectivity index (χ4n) is 2.32. The van der Waals surface area contributed by atoms with Gasteiger partial charge in [0.25, 0.3) is 0 Å². The average molecular weight is 291 g/mol. The first-order valence-electron chi connectivity index (χ1n) is 6.12. The van der Waals surface area contributed by atoms with E-state index < -0.39 is 11.9 Å². The van der Waals surface area contributed by atoms with E-state index in [1.807, 2.05) is 24.3 Å². The number of para-hydroxylation sites is 1. The Morgan fingerprint density at radius 1 is 1.25 bits per heavy atom. The molecule has 0 amide bonds. The first-order valence-corrected chi connectivity index (χ1v) is 6.50. The first kappa shape index (κ1) is 13.1. The van der Waals surface area contributed by atoms with Crippen molar-refractivity contribution < 1.29 is 9.50 Å². The molecule has 0 fully saturated rings. The number of aliphatic hydroxyl groups excluding tert-OH is 1. The summed E-state index contributed by atoms with van der Waals surface area (Å²) in [5.74, 6) is -0.441. The van der Waals surface area contributed by atoms with E-state index in [1.165, 1.54) is 18.2 Å². The van der Waals surface area contributed by atoms with Crippen LogP contribution in [0.2, 0.25) is 5.02 Å². The lowest BCUT2D eigenvalue weighted by molar-refractivity contribution is 0.215. The Hall–Kier alpha value is -1.91. The van der Waals surface area contributed by atoms with E-state index in [4.69, 9.17) is 11.6 Å². The summed E-state index contributed by atoms with van der Waals surface area (Å²) in [4.78, 5) is 0. The van der Waals surface area contributed by atoms with E-state index in [-0.39, 0.29) is 0 Å². The molecule has 3 nitrogen and oxygen atoms in total. The van der Waals surface area contributed by atoms with Crippen LogP contribution in [0.4, 0.5) is 4.39 Å². The highest BCUT2D eigenvalue weighted by Gasteiger charge is 2.21. The molecule has 1 aromatic heterocycles. The fourth-order valence-corrected chi connectivity index (χ4v) is 2.54. The average Bonchev–Trinajstić information content (AvgIpc) is 2.79. The molecule has 102 valence electrons. The zero-order chi connectivity index (χ0) is 14.3. The Morgan fingerprint density at radius 3 is 2.80 bits per heavy atom. The number of halogens is 2. The van der Waals surface area contributed by atoms with E-state index in [1.54, 1.807) is 11.7 Å². The standard InChI is InChI=1S/C15H12ClFN2O/c1-19-13-5-3-2-4-10(13)14(18-19)15(20)11-8-9(17)6-7-12(11)16/h2-8,15,20H,1H3. The highest BCUT2D eigenvalue weighted by Crippen LogP contribution is 2.32. The molecule has 1 unspecified atom stereocenters. The minimum Gasteiger partial charge on any atom is -0.382 e. The van der Waals surface area contributed by atoms with E-state index in [2.05, 4.69) is 5.10 Å². The molecule has 0 spiro atoms. The molecule has 0 saturated heterocycles. The highest BCUT2D eigenvalue weighted by atomic mass is 35.5. The van der Waals surface area contributed by atoms with Crippen molar-refractivity contribution in [2.24, 2.45) is 7.05 Å². The third-order valence-corrected chi connectivity index (χ3v) is 3.64. The molecule has 20 heavy (non-hydrogen) atoms. The summed E-state index contributed by atoms with van der Waals surface area (Å²) in [6, 6.07) is 11.5. The van der Waals surface area contributed by atoms with Crippen molar-refractivity contribution in [3.63, 3.8) is 0 Å². The molecule has 0 saturated carbocycles. The zero-order valence-corrected chi connectivity index (χ0v) is 11.5. The predicted molar refractivity (Wildman–Crippen MR) is 76.2 cm³/mol. The topological polar surface area (TPSA) is 38.0 Å². The molecule has 3 rings (SSSR count). The molecule has 0 aliphatic heterocycles. The maximum Gasteiger partial charge on any atom is 0.125 e. The summed E-state index contributed by atoms with van der Waals surface area (Å²) in [6.45, 7) is 0. The van der Waals surface area contributed by atoms with Crippen molar-refractivity contribution >= 4 is 22.5 Å². The van der Waals surface area contributed by atoms with Gasteiger partial charge in [-0.1, -0.05) is 29.8 Å². The first-order chi connectivity index (χ1) is 9.58. The van der Waals surface area contributed by atoms with E-state index in [9.17, 15) is 9.50 Å². The Labute approximate surface area is 120 Å². The number of hydrogen-bond donors (Lipinski definition) is 1. The number of hydrogen-bond acceptors (Lipinski definition) is 2. The van der Waals surface area contributed by atoms with Gasteiger partial charge in [0.15, 0.2) is 0 Å². The van der Waals surface area contributed by atoms with Crippen molar-refractivity contribution in [3.05, 3.63) is 64.6 Å². The van der Waals surface area contributed by atoms with Crippen LogP contribution in [0.5, 0.6) is 0 Å². The Morgan fingerprint density at radius 2 is 2.00 bits per heavy atom. The monoisotopic (exact) mass is 290 g/mol. The van der Waals surface area contributed by atoms with Crippen LogP contribution in [0.1, 0.15) is 17.4 Å². The van der Waals surface area contributed by atoms with Crippen molar-refractivity contribution in [2.75, 3.05) is 0 Å². The van der Waals surface area contributed by atoms with Crippen LogP contribution in [-0.2, 0) is 7.05 Å². The van der Waals surface area contributed by atoms with Gasteiger partial charge in [-0.05, 0) is 24.3 Å². The van der Waals surface area contributed by atoms with Crippen molar-refractivity contribution in [1.82, 2.24) is 9.78 Å². The van der Waals surface area contributed by atoms with Gasteiger partial charge in [0.1, 0.15) is 17.6 Å². The van der Waals surface area contributed by atoms with Gasteiger partial charge in [0, 0.05) is 23.0 Å². The van der Waals surface area contributed by atoms with Gasteiger partial charge < -0.3 is 5.11 Å². The molecule has 0 aliphatic carbocycles. The molecule has 0 radical (unpaired) electrons. The largest absolute Gasteiger partial charge is 0.382 e. The molecule has 1 heterocycles. The minimum atomic E-state index is -1.07. The molecule has 0 aliphatic rings. The Bertz CT molecular complexity index is 785. The van der Waals surface area contributed by atoms with Crippen molar-refractivity contribution in [2.45, 2.75) is 6.10 Å². The van der Waals surface area contributed by atoms with Crippen molar-refractivity contribution in [1.29, 1.82) is 0 Å². The number of aliphatic hydroxyl groups is 1. The Kier molecular flexibility index (Phi) is 3.20. The van der Waals surface area contributed by atoms with E-state index >= 15 is 0 Å². The predicted octanol–water partition coefficient (Wildman–Crippen LogP) is 3.45. The molecule has 1 N–H and O–H groups in total. The Balaban J connectivity index is 2.18. The lowest BCUT2D eigenvalue weighted by Gasteiger charge is -2.11. The van der Waals surface area contributed by atoms with Gasteiger partial charge >= 0.3 is 0 Å². The van der Waals surface area contributed by atoms with Crippen LogP contribution >= 0.6 is 11.6 Å². The summed E-state index contributed by atoms with van der Waals surface area (Å²) in [5, 5.41) is 15.9.